The number of methoxy groups -OCH3 is 1. The Morgan fingerprint density at radius 3 is 2.57 bits per heavy atom. The van der Waals surface area contributed by atoms with Crippen molar-refractivity contribution in [3.05, 3.63) is 52.0 Å². The van der Waals surface area contributed by atoms with E-state index in [4.69, 9.17) is 4.74 Å². The average molecular weight is 401 g/mol. The summed E-state index contributed by atoms with van der Waals surface area (Å²) in [4.78, 5) is 31.7. The highest BCUT2D eigenvalue weighted by atomic mass is 32.1. The van der Waals surface area contributed by atoms with Crippen LogP contribution in [0.1, 0.15) is 72.4 Å². The van der Waals surface area contributed by atoms with Crippen molar-refractivity contribution in [3.8, 4) is 0 Å². The second-order valence-electron chi connectivity index (χ2n) is 7.25. The summed E-state index contributed by atoms with van der Waals surface area (Å²) >= 11 is 1.41. The first-order chi connectivity index (χ1) is 13.6. The summed E-state index contributed by atoms with van der Waals surface area (Å²) in [6, 6.07) is 10.3. The summed E-state index contributed by atoms with van der Waals surface area (Å²) in [5.74, 6) is -0.424. The zero-order chi connectivity index (χ0) is 19.9. The van der Waals surface area contributed by atoms with E-state index >= 15 is 0 Å². The quantitative estimate of drug-likeness (QED) is 0.627. The third-order valence-corrected chi connectivity index (χ3v) is 6.29. The van der Waals surface area contributed by atoms with Crippen LogP contribution in [0.25, 0.3) is 0 Å². The first-order valence-electron chi connectivity index (χ1n) is 10.0. The van der Waals surface area contributed by atoms with E-state index in [0.29, 0.717) is 12.2 Å². The van der Waals surface area contributed by atoms with E-state index in [1.807, 2.05) is 35.2 Å². The monoisotopic (exact) mass is 400 g/mol. The fourth-order valence-corrected chi connectivity index (χ4v) is 4.71. The van der Waals surface area contributed by atoms with Crippen molar-refractivity contribution < 1.29 is 14.3 Å². The van der Waals surface area contributed by atoms with Gasteiger partial charge in [-0.05, 0) is 24.8 Å². The molecule has 1 saturated carbocycles. The van der Waals surface area contributed by atoms with Crippen molar-refractivity contribution in [2.24, 2.45) is 0 Å². The van der Waals surface area contributed by atoms with Gasteiger partial charge < -0.3 is 9.64 Å². The number of esters is 1. The number of ether oxygens (including phenoxy) is 1. The van der Waals surface area contributed by atoms with Crippen LogP contribution in [0.5, 0.6) is 0 Å². The van der Waals surface area contributed by atoms with Gasteiger partial charge in [-0.25, -0.2) is 9.78 Å². The molecule has 1 aromatic carbocycles. The molecule has 1 aliphatic rings. The van der Waals surface area contributed by atoms with Crippen molar-refractivity contribution in [2.75, 3.05) is 7.11 Å². The summed E-state index contributed by atoms with van der Waals surface area (Å²) in [6.07, 6.45) is 6.37. The molecule has 0 radical (unpaired) electrons. The van der Waals surface area contributed by atoms with Gasteiger partial charge in [0.2, 0.25) is 5.91 Å². The third-order valence-electron chi connectivity index (χ3n) is 5.46. The molecule has 1 aromatic heterocycles. The van der Waals surface area contributed by atoms with Crippen LogP contribution in [-0.2, 0) is 16.1 Å². The zero-order valence-electron chi connectivity index (χ0n) is 16.6. The highest BCUT2D eigenvalue weighted by Gasteiger charge is 2.31. The van der Waals surface area contributed by atoms with Crippen LogP contribution < -0.4 is 0 Å². The highest BCUT2D eigenvalue weighted by molar-refractivity contribution is 7.09. The van der Waals surface area contributed by atoms with Crippen LogP contribution >= 0.6 is 11.3 Å². The van der Waals surface area contributed by atoms with Crippen LogP contribution in [-0.4, -0.2) is 34.9 Å². The van der Waals surface area contributed by atoms with Crippen LogP contribution in [0.4, 0.5) is 0 Å². The number of hydrogen-bond acceptors (Lipinski definition) is 5. The molecule has 0 saturated heterocycles. The van der Waals surface area contributed by atoms with Gasteiger partial charge in [-0.2, -0.15) is 0 Å². The van der Waals surface area contributed by atoms with Crippen molar-refractivity contribution in [2.45, 2.75) is 64.0 Å². The van der Waals surface area contributed by atoms with Gasteiger partial charge in [0.15, 0.2) is 5.69 Å². The number of carbonyl (C=O) groups excluding carboxylic acids is 2. The van der Waals surface area contributed by atoms with E-state index in [1.165, 1.54) is 24.9 Å². The van der Waals surface area contributed by atoms with Crippen molar-refractivity contribution >= 4 is 23.2 Å². The van der Waals surface area contributed by atoms with Crippen molar-refractivity contribution in [1.29, 1.82) is 0 Å². The first kappa shape index (κ1) is 20.5. The van der Waals surface area contributed by atoms with Gasteiger partial charge in [-0.1, -0.05) is 56.5 Å². The second-order valence-corrected chi connectivity index (χ2v) is 8.19. The maximum Gasteiger partial charge on any atom is 0.357 e. The fraction of sp³-hybridized carbons (Fsp3) is 0.500. The number of nitrogens with zero attached hydrogens (tertiary/aromatic N) is 2. The number of hydrogen-bond donors (Lipinski definition) is 0. The van der Waals surface area contributed by atoms with Crippen LogP contribution in [0, 0.1) is 0 Å². The van der Waals surface area contributed by atoms with Gasteiger partial charge >= 0.3 is 5.97 Å². The molecule has 6 heteroatoms. The predicted molar refractivity (Wildman–Crippen MR) is 110 cm³/mol. The average Bonchev–Trinajstić information content (AvgIpc) is 3.22. The minimum atomic E-state index is -0.436. The summed E-state index contributed by atoms with van der Waals surface area (Å²) in [7, 11) is 1.35. The molecular formula is C22H28N2O3S. The fourth-order valence-electron chi connectivity index (χ4n) is 3.95. The Morgan fingerprint density at radius 1 is 1.21 bits per heavy atom. The summed E-state index contributed by atoms with van der Waals surface area (Å²) in [5.41, 5.74) is 1.37. The minimum Gasteiger partial charge on any atom is -0.464 e. The molecule has 0 N–H and O–H groups in total. The summed E-state index contributed by atoms with van der Waals surface area (Å²) < 4.78 is 4.76. The van der Waals surface area contributed by atoms with E-state index in [9.17, 15) is 9.59 Å². The van der Waals surface area contributed by atoms with Crippen LogP contribution in [0.3, 0.4) is 0 Å². The van der Waals surface area contributed by atoms with Crippen LogP contribution in [0.15, 0.2) is 35.7 Å². The number of aromatic nitrogens is 1. The lowest BCUT2D eigenvalue weighted by Gasteiger charge is -2.36. The van der Waals surface area contributed by atoms with Gasteiger partial charge in [-0.3, -0.25) is 4.79 Å². The molecule has 1 amide bonds. The number of rotatable bonds is 7. The molecular weight excluding hydrogens is 372 g/mol. The Morgan fingerprint density at radius 2 is 1.93 bits per heavy atom. The molecule has 0 aliphatic heterocycles. The molecule has 28 heavy (non-hydrogen) atoms. The Hall–Kier alpha value is -2.21. The Labute approximate surface area is 170 Å². The van der Waals surface area contributed by atoms with E-state index in [-0.39, 0.29) is 17.9 Å². The number of thiazole rings is 1. The van der Waals surface area contributed by atoms with Crippen molar-refractivity contribution in [1.82, 2.24) is 9.88 Å². The predicted octanol–water partition coefficient (Wildman–Crippen LogP) is 4.78. The van der Waals surface area contributed by atoms with Crippen LogP contribution in [0.2, 0.25) is 0 Å². The maximum atomic E-state index is 13.6. The Balaban J connectivity index is 1.84. The molecule has 150 valence electrons. The highest BCUT2D eigenvalue weighted by Crippen LogP contribution is 2.30. The molecule has 0 spiro atoms. The molecule has 0 bridgehead atoms. The van der Waals surface area contributed by atoms with Crippen molar-refractivity contribution in [3.63, 3.8) is 0 Å². The maximum absolute atomic E-state index is 13.6. The molecule has 1 fully saturated rings. The van der Waals surface area contributed by atoms with E-state index in [2.05, 4.69) is 11.9 Å². The van der Waals surface area contributed by atoms with E-state index < -0.39 is 5.97 Å². The molecule has 3 rings (SSSR count). The van der Waals surface area contributed by atoms with E-state index in [1.54, 1.807) is 5.38 Å². The molecule has 1 heterocycles. The van der Waals surface area contributed by atoms with E-state index in [0.717, 1.165) is 42.7 Å². The van der Waals surface area contributed by atoms with Gasteiger partial charge in [0.1, 0.15) is 5.01 Å². The number of amides is 1. The number of benzene rings is 1. The second kappa shape index (κ2) is 9.82. The van der Waals surface area contributed by atoms with Gasteiger partial charge in [0.05, 0.1) is 19.6 Å². The Kier molecular flexibility index (Phi) is 7.20. The lowest BCUT2D eigenvalue weighted by molar-refractivity contribution is -0.136. The molecule has 1 unspecified atom stereocenters. The molecule has 2 aromatic rings. The smallest absolute Gasteiger partial charge is 0.357 e. The summed E-state index contributed by atoms with van der Waals surface area (Å²) in [6.45, 7) is 2.52. The first-order valence-corrected chi connectivity index (χ1v) is 10.9. The largest absolute Gasteiger partial charge is 0.464 e. The lowest BCUT2D eigenvalue weighted by Crippen LogP contribution is -2.43. The van der Waals surface area contributed by atoms with Gasteiger partial charge in [-0.15, -0.1) is 11.3 Å². The van der Waals surface area contributed by atoms with Gasteiger partial charge in [0, 0.05) is 11.4 Å². The SMILES string of the molecule is CCC(C(=O)N(Cc1nc(C(=O)OC)cs1)C1CCCCC1)c1ccccc1. The number of carbonyl (C=O) groups is 2. The standard InChI is InChI=1S/C22H28N2O3S/c1-3-18(16-10-6-4-7-11-16)21(25)24(17-12-8-5-9-13-17)14-20-23-19(15-28-20)22(26)27-2/h4,6-7,10-11,15,17-18H,3,5,8-9,12-14H2,1-2H3. The topological polar surface area (TPSA) is 59.5 Å². The Bertz CT molecular complexity index is 784. The normalized spacial score (nSPS) is 15.8. The molecule has 1 aliphatic carbocycles. The zero-order valence-corrected chi connectivity index (χ0v) is 17.4. The summed E-state index contributed by atoms with van der Waals surface area (Å²) in [5, 5.41) is 2.49. The lowest BCUT2D eigenvalue weighted by atomic mass is 9.90. The minimum absolute atomic E-state index is 0.150. The molecule has 1 atom stereocenters. The van der Waals surface area contributed by atoms with Gasteiger partial charge in [0.25, 0.3) is 0 Å². The molecule has 5 nitrogen and oxygen atoms in total. The third kappa shape index (κ3) is 4.79.